The monoisotopic (exact) mass is 298 g/mol. The van der Waals surface area contributed by atoms with Gasteiger partial charge in [0, 0.05) is 19.5 Å². The van der Waals surface area contributed by atoms with Gasteiger partial charge in [-0.1, -0.05) is 0 Å². The fourth-order valence-electron chi connectivity index (χ4n) is 2.78. The maximum absolute atomic E-state index is 12.1. The predicted molar refractivity (Wildman–Crippen MR) is 72.7 cm³/mol. The van der Waals surface area contributed by atoms with Gasteiger partial charge < -0.3 is 10.3 Å². The van der Waals surface area contributed by atoms with Crippen LogP contribution in [0, 0.1) is 0 Å². The maximum Gasteiger partial charge on any atom is 0.237 e. The number of carbonyl (C=O) groups is 1. The van der Waals surface area contributed by atoms with Crippen LogP contribution in [0.25, 0.3) is 0 Å². The molecule has 3 heterocycles. The molecule has 1 amide bonds. The van der Waals surface area contributed by atoms with Gasteiger partial charge in [-0.05, 0) is 12.8 Å². The number of carbonyl (C=O) groups excluding carboxylic acids is 1. The Morgan fingerprint density at radius 3 is 3.10 bits per heavy atom. The van der Waals surface area contributed by atoms with Crippen molar-refractivity contribution in [1.82, 2.24) is 20.6 Å². The van der Waals surface area contributed by atoms with Crippen LogP contribution in [0.15, 0.2) is 6.33 Å². The minimum Gasteiger partial charge on any atom is -0.353 e. The molecule has 1 fully saturated rings. The lowest BCUT2D eigenvalue weighted by Crippen LogP contribution is -2.49. The fourth-order valence-corrected chi connectivity index (χ4v) is 4.54. The van der Waals surface area contributed by atoms with Gasteiger partial charge >= 0.3 is 0 Å². The lowest BCUT2D eigenvalue weighted by molar-refractivity contribution is -0.123. The number of nitrogens with zero attached hydrogens (tertiary/aromatic N) is 1. The predicted octanol–water partition coefficient (Wildman–Crippen LogP) is -0.883. The van der Waals surface area contributed by atoms with Crippen molar-refractivity contribution in [3.63, 3.8) is 0 Å². The van der Waals surface area contributed by atoms with Crippen LogP contribution in [0.3, 0.4) is 0 Å². The molecule has 1 aromatic heterocycles. The van der Waals surface area contributed by atoms with E-state index >= 15 is 0 Å². The number of rotatable bonds is 3. The molecule has 8 heteroatoms. The third kappa shape index (κ3) is 2.57. The fraction of sp³-hybridized carbons (Fsp3) is 0.667. The molecule has 1 saturated heterocycles. The third-order valence-electron chi connectivity index (χ3n) is 4.01. The topological polar surface area (TPSA) is 104 Å². The molecule has 0 aromatic carbocycles. The van der Waals surface area contributed by atoms with E-state index in [1.54, 1.807) is 6.33 Å². The Morgan fingerprint density at radius 2 is 2.35 bits per heavy atom. The number of sulfone groups is 1. The molecule has 1 aromatic rings. The summed E-state index contributed by atoms with van der Waals surface area (Å²) in [5, 5.41) is 5.46. The molecule has 2 atom stereocenters. The standard InChI is InChI=1S/C12H18N4O3S/c17-12(14-5-8-2-1-3-20(8,18)19)10-4-9-11(6-13-10)16-7-15-9/h7-8,10,13H,1-6H2,(H,14,17)(H,15,16). The van der Waals surface area contributed by atoms with E-state index in [0.29, 0.717) is 25.8 Å². The van der Waals surface area contributed by atoms with Crippen LogP contribution >= 0.6 is 0 Å². The van der Waals surface area contributed by atoms with Crippen LogP contribution in [-0.4, -0.2) is 47.9 Å². The second kappa shape index (κ2) is 5.17. The Balaban J connectivity index is 1.56. The molecule has 0 saturated carbocycles. The Morgan fingerprint density at radius 1 is 1.50 bits per heavy atom. The van der Waals surface area contributed by atoms with E-state index in [1.807, 2.05) is 0 Å². The van der Waals surface area contributed by atoms with Crippen molar-refractivity contribution in [2.75, 3.05) is 12.3 Å². The average molecular weight is 298 g/mol. The van der Waals surface area contributed by atoms with E-state index in [2.05, 4.69) is 20.6 Å². The molecular formula is C12H18N4O3S. The third-order valence-corrected chi connectivity index (χ3v) is 6.29. The van der Waals surface area contributed by atoms with Crippen LogP contribution in [0.4, 0.5) is 0 Å². The van der Waals surface area contributed by atoms with E-state index in [0.717, 1.165) is 11.4 Å². The lowest BCUT2D eigenvalue weighted by atomic mass is 10.0. The number of hydrogen-bond donors (Lipinski definition) is 3. The molecular weight excluding hydrogens is 280 g/mol. The van der Waals surface area contributed by atoms with E-state index in [1.165, 1.54) is 0 Å². The number of aromatic amines is 1. The van der Waals surface area contributed by atoms with Crippen molar-refractivity contribution in [1.29, 1.82) is 0 Å². The van der Waals surface area contributed by atoms with Crippen molar-refractivity contribution >= 4 is 15.7 Å². The van der Waals surface area contributed by atoms with Gasteiger partial charge in [0.2, 0.25) is 5.91 Å². The summed E-state index contributed by atoms with van der Waals surface area (Å²) in [5.74, 6) is 0.0898. The SMILES string of the molecule is O=C(NCC1CCCS1(=O)=O)C1Cc2nc[nH]c2CN1. The van der Waals surface area contributed by atoms with E-state index in [-0.39, 0.29) is 24.2 Å². The number of hydrogen-bond acceptors (Lipinski definition) is 5. The minimum absolute atomic E-state index is 0.152. The first-order valence-electron chi connectivity index (χ1n) is 6.80. The largest absolute Gasteiger partial charge is 0.353 e. The van der Waals surface area contributed by atoms with Crippen LogP contribution < -0.4 is 10.6 Å². The van der Waals surface area contributed by atoms with Gasteiger partial charge in [0.15, 0.2) is 9.84 Å². The van der Waals surface area contributed by atoms with Gasteiger partial charge in [-0.2, -0.15) is 0 Å². The van der Waals surface area contributed by atoms with Gasteiger partial charge in [0.25, 0.3) is 0 Å². The van der Waals surface area contributed by atoms with Crippen molar-refractivity contribution in [2.45, 2.75) is 37.1 Å². The molecule has 2 aliphatic heterocycles. The van der Waals surface area contributed by atoms with Crippen LogP contribution in [0.1, 0.15) is 24.2 Å². The van der Waals surface area contributed by atoms with Gasteiger partial charge in [-0.25, -0.2) is 13.4 Å². The van der Waals surface area contributed by atoms with Gasteiger partial charge in [0.1, 0.15) is 0 Å². The summed E-state index contributed by atoms with van der Waals surface area (Å²) in [6, 6.07) is -0.338. The normalized spacial score (nSPS) is 28.0. The second-order valence-corrected chi connectivity index (χ2v) is 7.74. The van der Waals surface area contributed by atoms with Crippen molar-refractivity contribution in [3.05, 3.63) is 17.7 Å². The molecule has 0 spiro atoms. The molecule has 7 nitrogen and oxygen atoms in total. The van der Waals surface area contributed by atoms with Crippen molar-refractivity contribution < 1.29 is 13.2 Å². The highest BCUT2D eigenvalue weighted by Crippen LogP contribution is 2.19. The van der Waals surface area contributed by atoms with E-state index in [9.17, 15) is 13.2 Å². The zero-order chi connectivity index (χ0) is 14.2. The highest BCUT2D eigenvalue weighted by atomic mass is 32.2. The highest BCUT2D eigenvalue weighted by Gasteiger charge is 2.32. The first kappa shape index (κ1) is 13.6. The van der Waals surface area contributed by atoms with Crippen LogP contribution in [0.2, 0.25) is 0 Å². The number of H-pyrrole nitrogens is 1. The van der Waals surface area contributed by atoms with E-state index < -0.39 is 15.1 Å². The molecule has 2 unspecified atom stereocenters. The Hall–Kier alpha value is -1.41. The van der Waals surface area contributed by atoms with E-state index in [4.69, 9.17) is 0 Å². The highest BCUT2D eigenvalue weighted by molar-refractivity contribution is 7.92. The summed E-state index contributed by atoms with van der Waals surface area (Å²) in [6.07, 6.45) is 3.49. The summed E-state index contributed by atoms with van der Waals surface area (Å²) < 4.78 is 23.4. The van der Waals surface area contributed by atoms with Crippen LogP contribution in [0.5, 0.6) is 0 Å². The summed E-state index contributed by atoms with van der Waals surface area (Å²) in [7, 11) is -3.01. The molecule has 110 valence electrons. The molecule has 20 heavy (non-hydrogen) atoms. The number of nitrogens with one attached hydrogen (secondary N) is 3. The number of amides is 1. The summed E-state index contributed by atoms with van der Waals surface area (Å²) in [6.45, 7) is 0.794. The summed E-state index contributed by atoms with van der Waals surface area (Å²) in [5.41, 5.74) is 1.91. The minimum atomic E-state index is -3.01. The number of imidazole rings is 1. The summed E-state index contributed by atoms with van der Waals surface area (Å²) >= 11 is 0. The number of fused-ring (bicyclic) bond motifs is 1. The zero-order valence-corrected chi connectivity index (χ0v) is 11.9. The quantitative estimate of drug-likeness (QED) is 0.672. The lowest BCUT2D eigenvalue weighted by Gasteiger charge is -2.23. The Bertz CT molecular complexity index is 610. The number of aromatic nitrogens is 2. The Labute approximate surface area is 117 Å². The first-order chi connectivity index (χ1) is 9.56. The van der Waals surface area contributed by atoms with Crippen LogP contribution in [-0.2, 0) is 27.6 Å². The van der Waals surface area contributed by atoms with Crippen molar-refractivity contribution in [3.8, 4) is 0 Å². The zero-order valence-electron chi connectivity index (χ0n) is 11.1. The van der Waals surface area contributed by atoms with Gasteiger partial charge in [-0.3, -0.25) is 10.1 Å². The maximum atomic E-state index is 12.1. The Kier molecular flexibility index (Phi) is 3.51. The smallest absolute Gasteiger partial charge is 0.237 e. The molecule has 3 rings (SSSR count). The molecule has 0 radical (unpaired) electrons. The van der Waals surface area contributed by atoms with Gasteiger partial charge in [0.05, 0.1) is 34.8 Å². The average Bonchev–Trinajstić information content (AvgIpc) is 3.01. The summed E-state index contributed by atoms with van der Waals surface area (Å²) in [4.78, 5) is 19.3. The van der Waals surface area contributed by atoms with Gasteiger partial charge in [-0.15, -0.1) is 0 Å². The second-order valence-electron chi connectivity index (χ2n) is 5.34. The van der Waals surface area contributed by atoms with Crippen molar-refractivity contribution in [2.24, 2.45) is 0 Å². The first-order valence-corrected chi connectivity index (χ1v) is 8.51. The molecule has 2 aliphatic rings. The molecule has 0 aliphatic carbocycles. The molecule has 3 N–H and O–H groups in total. The molecule has 0 bridgehead atoms.